The maximum atomic E-state index is 12.4. The number of likely N-dealkylation sites (N-methyl/N-ethyl adjacent to an activating group) is 1. The smallest absolute Gasteiger partial charge is 0.278 e. The minimum Gasteiger partial charge on any atom is -0.365 e. The number of para-hydroxylation sites is 1. The van der Waals surface area contributed by atoms with E-state index in [2.05, 4.69) is 10.3 Å². The molecule has 7 nitrogen and oxygen atoms in total. The molecule has 9 heteroatoms. The Bertz CT molecular complexity index is 1020. The van der Waals surface area contributed by atoms with E-state index in [1.54, 1.807) is 48.5 Å². The van der Waals surface area contributed by atoms with E-state index < -0.39 is 4.92 Å². The predicted octanol–water partition coefficient (Wildman–Crippen LogP) is 4.52. The first kappa shape index (κ1) is 18.9. The molecule has 0 radical (unpaired) electrons. The fraction of sp³-hybridized carbons (Fsp3) is 0.111. The van der Waals surface area contributed by atoms with Crippen LogP contribution in [-0.2, 0) is 4.79 Å². The molecule has 27 heavy (non-hydrogen) atoms. The van der Waals surface area contributed by atoms with Crippen LogP contribution in [-0.4, -0.2) is 29.4 Å². The van der Waals surface area contributed by atoms with E-state index in [0.29, 0.717) is 32.2 Å². The van der Waals surface area contributed by atoms with Gasteiger partial charge in [0, 0.05) is 36.6 Å². The van der Waals surface area contributed by atoms with Gasteiger partial charge in [0.05, 0.1) is 32.6 Å². The predicted molar refractivity (Wildman–Crippen MR) is 107 cm³/mol. The third kappa shape index (κ3) is 3.94. The van der Waals surface area contributed by atoms with Gasteiger partial charge in [-0.2, -0.15) is 0 Å². The summed E-state index contributed by atoms with van der Waals surface area (Å²) in [4.78, 5) is 28.8. The van der Waals surface area contributed by atoms with Crippen molar-refractivity contribution >= 4 is 56.9 Å². The molecule has 0 bridgehead atoms. The fourth-order valence-corrected chi connectivity index (χ4v) is 3.24. The second-order valence-electron chi connectivity index (χ2n) is 5.78. The molecule has 0 unspecified atom stereocenters. The lowest BCUT2D eigenvalue weighted by atomic mass is 10.1. The number of nitro benzene ring substituents is 1. The second-order valence-corrected chi connectivity index (χ2v) is 6.60. The lowest BCUT2D eigenvalue weighted by molar-refractivity contribution is -0.383. The van der Waals surface area contributed by atoms with Crippen molar-refractivity contribution in [1.82, 2.24) is 4.98 Å². The number of amides is 1. The van der Waals surface area contributed by atoms with Crippen molar-refractivity contribution in [2.24, 2.45) is 0 Å². The minimum atomic E-state index is -0.458. The molecule has 0 aliphatic rings. The lowest BCUT2D eigenvalue weighted by Gasteiger charge is -2.21. The molecule has 2 aromatic carbocycles. The Kier molecular flexibility index (Phi) is 5.43. The first-order valence-electron chi connectivity index (χ1n) is 7.84. The SMILES string of the molecule is CN(CC(=O)Nc1c(Cl)cccc1Cl)c1ccc([N+](=O)[O-])c2cnccc12. The van der Waals surface area contributed by atoms with E-state index in [1.807, 2.05) is 0 Å². The molecule has 0 aliphatic heterocycles. The van der Waals surface area contributed by atoms with Crippen LogP contribution in [0.3, 0.4) is 0 Å². The Morgan fingerprint density at radius 3 is 2.56 bits per heavy atom. The quantitative estimate of drug-likeness (QED) is 0.498. The van der Waals surface area contributed by atoms with E-state index in [-0.39, 0.29) is 18.1 Å². The van der Waals surface area contributed by atoms with Crippen LogP contribution in [0.15, 0.2) is 48.8 Å². The number of nitrogens with one attached hydrogen (secondary N) is 1. The van der Waals surface area contributed by atoms with Crippen molar-refractivity contribution in [2.75, 3.05) is 23.8 Å². The normalized spacial score (nSPS) is 10.6. The first-order chi connectivity index (χ1) is 12.9. The Labute approximate surface area is 164 Å². The molecule has 0 saturated heterocycles. The molecule has 3 rings (SSSR count). The lowest BCUT2D eigenvalue weighted by Crippen LogP contribution is -2.30. The van der Waals surface area contributed by atoms with Crippen LogP contribution >= 0.6 is 23.2 Å². The van der Waals surface area contributed by atoms with Crippen molar-refractivity contribution in [1.29, 1.82) is 0 Å². The van der Waals surface area contributed by atoms with Crippen LogP contribution in [0.25, 0.3) is 10.8 Å². The summed E-state index contributed by atoms with van der Waals surface area (Å²) in [6.07, 6.45) is 2.99. The monoisotopic (exact) mass is 404 g/mol. The summed E-state index contributed by atoms with van der Waals surface area (Å²) in [6, 6.07) is 9.63. The maximum Gasteiger partial charge on any atom is 0.278 e. The van der Waals surface area contributed by atoms with E-state index in [9.17, 15) is 14.9 Å². The van der Waals surface area contributed by atoms with Crippen LogP contribution in [0.1, 0.15) is 0 Å². The van der Waals surface area contributed by atoms with E-state index in [0.717, 1.165) is 0 Å². The summed E-state index contributed by atoms with van der Waals surface area (Å²) in [5.41, 5.74) is 0.970. The van der Waals surface area contributed by atoms with Crippen molar-refractivity contribution in [3.63, 3.8) is 0 Å². The van der Waals surface area contributed by atoms with E-state index >= 15 is 0 Å². The number of benzene rings is 2. The number of carbonyl (C=O) groups is 1. The largest absolute Gasteiger partial charge is 0.365 e. The molecule has 3 aromatic rings. The van der Waals surface area contributed by atoms with Crippen LogP contribution in [0.5, 0.6) is 0 Å². The van der Waals surface area contributed by atoms with Crippen molar-refractivity contribution in [2.45, 2.75) is 0 Å². The van der Waals surface area contributed by atoms with Gasteiger partial charge in [0.25, 0.3) is 5.69 Å². The van der Waals surface area contributed by atoms with Gasteiger partial charge >= 0.3 is 0 Å². The number of carbonyl (C=O) groups excluding carboxylic acids is 1. The topological polar surface area (TPSA) is 88.4 Å². The van der Waals surface area contributed by atoms with Crippen molar-refractivity contribution < 1.29 is 9.72 Å². The Morgan fingerprint density at radius 2 is 1.89 bits per heavy atom. The standard InChI is InChI=1S/C18H14Cl2N4O3/c1-23(10-17(25)22-18-13(19)3-2-4-14(18)20)15-5-6-16(24(26)27)12-9-21-8-7-11(12)15/h2-9H,10H2,1H3,(H,22,25). The third-order valence-corrected chi connectivity index (χ3v) is 4.62. The fourth-order valence-electron chi connectivity index (χ4n) is 2.75. The number of pyridine rings is 1. The van der Waals surface area contributed by atoms with Crippen LogP contribution in [0, 0.1) is 10.1 Å². The Hall–Kier alpha value is -2.90. The van der Waals surface area contributed by atoms with Crippen molar-refractivity contribution in [3.05, 3.63) is 69.0 Å². The Balaban J connectivity index is 1.86. The summed E-state index contributed by atoms with van der Waals surface area (Å²) in [5, 5.41) is 15.6. The number of nitro groups is 1. The highest BCUT2D eigenvalue weighted by molar-refractivity contribution is 6.39. The maximum absolute atomic E-state index is 12.4. The highest BCUT2D eigenvalue weighted by Crippen LogP contribution is 2.33. The number of hydrogen-bond donors (Lipinski definition) is 1. The molecule has 0 fully saturated rings. The van der Waals surface area contributed by atoms with Crippen molar-refractivity contribution in [3.8, 4) is 0 Å². The van der Waals surface area contributed by atoms with Gasteiger partial charge in [-0.05, 0) is 24.3 Å². The average Bonchev–Trinajstić information content (AvgIpc) is 2.63. The summed E-state index contributed by atoms with van der Waals surface area (Å²) in [5.74, 6) is -0.326. The zero-order chi connectivity index (χ0) is 19.6. The molecule has 1 amide bonds. The minimum absolute atomic E-state index is 0.00319. The molecule has 0 atom stereocenters. The third-order valence-electron chi connectivity index (χ3n) is 3.99. The average molecular weight is 405 g/mol. The molecular formula is C18H14Cl2N4O3. The number of halogens is 2. The van der Waals surface area contributed by atoms with Gasteiger partial charge in [0.1, 0.15) is 0 Å². The van der Waals surface area contributed by atoms with Crippen LogP contribution < -0.4 is 10.2 Å². The molecule has 0 spiro atoms. The number of hydrogen-bond acceptors (Lipinski definition) is 5. The van der Waals surface area contributed by atoms with Gasteiger partial charge in [-0.1, -0.05) is 29.3 Å². The molecule has 1 N–H and O–H groups in total. The zero-order valence-electron chi connectivity index (χ0n) is 14.1. The second kappa shape index (κ2) is 7.77. The zero-order valence-corrected chi connectivity index (χ0v) is 15.7. The Morgan fingerprint density at radius 1 is 1.19 bits per heavy atom. The van der Waals surface area contributed by atoms with E-state index in [1.165, 1.54) is 12.3 Å². The molecule has 138 valence electrons. The van der Waals surface area contributed by atoms with Gasteiger partial charge in [0.15, 0.2) is 0 Å². The van der Waals surface area contributed by atoms with Crippen LogP contribution in [0.2, 0.25) is 10.0 Å². The number of fused-ring (bicyclic) bond motifs is 1. The highest BCUT2D eigenvalue weighted by atomic mass is 35.5. The molecule has 0 aliphatic carbocycles. The molecule has 0 saturated carbocycles. The van der Waals surface area contributed by atoms with Gasteiger partial charge in [-0.15, -0.1) is 0 Å². The number of rotatable bonds is 5. The van der Waals surface area contributed by atoms with Gasteiger partial charge in [-0.3, -0.25) is 19.9 Å². The number of nitrogens with zero attached hydrogens (tertiary/aromatic N) is 3. The summed E-state index contributed by atoms with van der Waals surface area (Å²) >= 11 is 12.1. The number of aromatic nitrogens is 1. The summed E-state index contributed by atoms with van der Waals surface area (Å²) in [6.45, 7) is -0.00319. The number of non-ortho nitro benzene ring substituents is 1. The molecular weight excluding hydrogens is 391 g/mol. The number of anilines is 2. The van der Waals surface area contributed by atoms with Gasteiger partial charge in [0.2, 0.25) is 5.91 Å². The van der Waals surface area contributed by atoms with E-state index in [4.69, 9.17) is 23.2 Å². The molecule has 1 aromatic heterocycles. The van der Waals surface area contributed by atoms with Gasteiger partial charge < -0.3 is 10.2 Å². The molecule has 1 heterocycles. The summed E-state index contributed by atoms with van der Waals surface area (Å²) < 4.78 is 0. The first-order valence-corrected chi connectivity index (χ1v) is 8.60. The van der Waals surface area contributed by atoms with Crippen LogP contribution in [0.4, 0.5) is 17.1 Å². The van der Waals surface area contributed by atoms with Gasteiger partial charge in [-0.25, -0.2) is 0 Å². The highest BCUT2D eigenvalue weighted by Gasteiger charge is 2.18. The summed E-state index contributed by atoms with van der Waals surface area (Å²) in [7, 11) is 1.72.